The van der Waals surface area contributed by atoms with Crippen molar-refractivity contribution in [1.29, 1.82) is 0 Å². The molecule has 0 spiro atoms. The second-order valence-electron chi connectivity index (χ2n) is 3.35. The summed E-state index contributed by atoms with van der Waals surface area (Å²) >= 11 is 1.76. The molecule has 2 heterocycles. The molecule has 2 aromatic rings. The lowest BCUT2D eigenvalue weighted by Crippen LogP contribution is -2.12. The number of pyridine rings is 1. The Morgan fingerprint density at radius 3 is 3.00 bits per heavy atom. The third-order valence-corrected chi connectivity index (χ3v) is 3.11. The van der Waals surface area contributed by atoms with E-state index in [-0.39, 0.29) is 0 Å². The van der Waals surface area contributed by atoms with Gasteiger partial charge in [0.1, 0.15) is 0 Å². The molecular formula is C12H14N2OS. The predicted octanol–water partition coefficient (Wildman–Crippen LogP) is 2.44. The van der Waals surface area contributed by atoms with Crippen LogP contribution in [0.1, 0.15) is 10.4 Å². The van der Waals surface area contributed by atoms with Crippen molar-refractivity contribution < 1.29 is 4.74 Å². The van der Waals surface area contributed by atoms with Crippen molar-refractivity contribution in [2.45, 2.75) is 13.1 Å². The molecule has 0 radical (unpaired) electrons. The first-order valence-electron chi connectivity index (χ1n) is 5.11. The maximum absolute atomic E-state index is 5.18. The maximum atomic E-state index is 5.18. The highest BCUT2D eigenvalue weighted by molar-refractivity contribution is 7.09. The molecule has 0 aromatic carbocycles. The second-order valence-corrected chi connectivity index (χ2v) is 4.39. The van der Waals surface area contributed by atoms with Crippen LogP contribution in [0.3, 0.4) is 0 Å². The van der Waals surface area contributed by atoms with Crippen LogP contribution in [-0.4, -0.2) is 12.1 Å². The van der Waals surface area contributed by atoms with Gasteiger partial charge in [-0.15, -0.1) is 11.3 Å². The molecule has 1 N–H and O–H groups in total. The molecule has 0 aliphatic rings. The zero-order valence-corrected chi connectivity index (χ0v) is 9.96. The molecule has 0 fully saturated rings. The second kappa shape index (κ2) is 5.63. The number of hydrogen-bond donors (Lipinski definition) is 1. The van der Waals surface area contributed by atoms with E-state index >= 15 is 0 Å². The summed E-state index contributed by atoms with van der Waals surface area (Å²) in [4.78, 5) is 5.49. The average Bonchev–Trinajstić information content (AvgIpc) is 2.83. The topological polar surface area (TPSA) is 34.1 Å². The van der Waals surface area contributed by atoms with Crippen LogP contribution in [0.5, 0.6) is 5.88 Å². The van der Waals surface area contributed by atoms with Crippen molar-refractivity contribution in [3.05, 3.63) is 46.3 Å². The fourth-order valence-electron chi connectivity index (χ4n) is 1.48. The van der Waals surface area contributed by atoms with Gasteiger partial charge in [-0.2, -0.15) is 0 Å². The Morgan fingerprint density at radius 2 is 2.25 bits per heavy atom. The zero-order chi connectivity index (χ0) is 11.2. The van der Waals surface area contributed by atoms with Crippen molar-refractivity contribution in [3.63, 3.8) is 0 Å². The van der Waals surface area contributed by atoms with Gasteiger partial charge in [-0.05, 0) is 17.5 Å². The molecule has 0 saturated carbocycles. The van der Waals surface area contributed by atoms with Gasteiger partial charge in [-0.1, -0.05) is 12.1 Å². The van der Waals surface area contributed by atoms with Crippen LogP contribution in [0.4, 0.5) is 0 Å². The van der Waals surface area contributed by atoms with Gasteiger partial charge in [0.25, 0.3) is 0 Å². The number of methoxy groups -OCH3 is 1. The average molecular weight is 234 g/mol. The highest BCUT2D eigenvalue weighted by Gasteiger charge is 2.02. The fraction of sp³-hybridized carbons (Fsp3) is 0.250. The molecule has 0 aliphatic carbocycles. The van der Waals surface area contributed by atoms with Crippen molar-refractivity contribution >= 4 is 11.3 Å². The summed E-state index contributed by atoms with van der Waals surface area (Å²) in [6.07, 6.45) is 1.74. The quantitative estimate of drug-likeness (QED) is 0.862. The zero-order valence-electron chi connectivity index (χ0n) is 9.14. The van der Waals surface area contributed by atoms with Gasteiger partial charge in [0.05, 0.1) is 7.11 Å². The molecule has 4 heteroatoms. The van der Waals surface area contributed by atoms with E-state index in [0.29, 0.717) is 5.88 Å². The van der Waals surface area contributed by atoms with Gasteiger partial charge in [0, 0.05) is 29.7 Å². The normalized spacial score (nSPS) is 10.3. The van der Waals surface area contributed by atoms with Gasteiger partial charge in [0.2, 0.25) is 5.88 Å². The highest BCUT2D eigenvalue weighted by atomic mass is 32.1. The lowest BCUT2D eigenvalue weighted by molar-refractivity contribution is 0.390. The number of thiophene rings is 1. The van der Waals surface area contributed by atoms with Crippen molar-refractivity contribution in [1.82, 2.24) is 10.3 Å². The van der Waals surface area contributed by atoms with Crippen LogP contribution in [0.2, 0.25) is 0 Å². The number of hydrogen-bond acceptors (Lipinski definition) is 4. The van der Waals surface area contributed by atoms with E-state index in [0.717, 1.165) is 18.7 Å². The van der Waals surface area contributed by atoms with Gasteiger partial charge >= 0.3 is 0 Å². The van der Waals surface area contributed by atoms with Crippen LogP contribution >= 0.6 is 11.3 Å². The minimum Gasteiger partial charge on any atom is -0.481 e. The standard InChI is InChI=1S/C12H14N2OS/c1-15-12-10(4-2-6-14-12)8-13-9-11-5-3-7-16-11/h2-7,13H,8-9H2,1H3. The van der Waals surface area contributed by atoms with Crippen molar-refractivity contribution in [2.75, 3.05) is 7.11 Å². The van der Waals surface area contributed by atoms with E-state index in [1.165, 1.54) is 4.88 Å². The van der Waals surface area contributed by atoms with Gasteiger partial charge < -0.3 is 10.1 Å². The lowest BCUT2D eigenvalue weighted by atomic mass is 10.2. The largest absolute Gasteiger partial charge is 0.481 e. The van der Waals surface area contributed by atoms with E-state index in [1.54, 1.807) is 24.6 Å². The van der Waals surface area contributed by atoms with Gasteiger partial charge in [-0.25, -0.2) is 4.98 Å². The number of rotatable bonds is 5. The van der Waals surface area contributed by atoms with Crippen LogP contribution in [-0.2, 0) is 13.1 Å². The summed E-state index contributed by atoms with van der Waals surface area (Å²) in [6.45, 7) is 1.66. The molecule has 84 valence electrons. The number of nitrogens with one attached hydrogen (secondary N) is 1. The molecule has 0 aliphatic heterocycles. The first-order valence-corrected chi connectivity index (χ1v) is 5.99. The van der Waals surface area contributed by atoms with Crippen LogP contribution in [0.15, 0.2) is 35.8 Å². The summed E-state index contributed by atoms with van der Waals surface area (Å²) in [6, 6.07) is 8.13. The fourth-order valence-corrected chi connectivity index (χ4v) is 2.15. The van der Waals surface area contributed by atoms with Gasteiger partial charge in [-0.3, -0.25) is 0 Å². The smallest absolute Gasteiger partial charge is 0.217 e. The monoisotopic (exact) mass is 234 g/mol. The summed E-state index contributed by atoms with van der Waals surface area (Å²) < 4.78 is 5.18. The molecule has 3 nitrogen and oxygen atoms in total. The molecule has 0 atom stereocenters. The predicted molar refractivity (Wildman–Crippen MR) is 65.7 cm³/mol. The minimum atomic E-state index is 0.696. The summed E-state index contributed by atoms with van der Waals surface area (Å²) in [5.41, 5.74) is 1.08. The third kappa shape index (κ3) is 2.81. The first-order chi connectivity index (χ1) is 7.90. The Bertz CT molecular complexity index is 428. The Balaban J connectivity index is 1.89. The van der Waals surface area contributed by atoms with Gasteiger partial charge in [0.15, 0.2) is 0 Å². The van der Waals surface area contributed by atoms with Crippen molar-refractivity contribution in [3.8, 4) is 5.88 Å². The Labute approximate surface area is 99.1 Å². The van der Waals surface area contributed by atoms with E-state index < -0.39 is 0 Å². The summed E-state index contributed by atoms with van der Waals surface area (Å²) in [5, 5.41) is 5.45. The SMILES string of the molecule is COc1ncccc1CNCc1cccs1. The number of ether oxygens (including phenoxy) is 1. The molecule has 16 heavy (non-hydrogen) atoms. The Morgan fingerprint density at radius 1 is 1.31 bits per heavy atom. The molecule has 0 unspecified atom stereocenters. The van der Waals surface area contributed by atoms with Crippen LogP contribution in [0, 0.1) is 0 Å². The molecule has 0 saturated heterocycles. The molecule has 0 bridgehead atoms. The summed E-state index contributed by atoms with van der Waals surface area (Å²) in [5.74, 6) is 0.696. The molecule has 0 amide bonds. The van der Waals surface area contributed by atoms with E-state index in [9.17, 15) is 0 Å². The number of nitrogens with zero attached hydrogens (tertiary/aromatic N) is 1. The lowest BCUT2D eigenvalue weighted by Gasteiger charge is -2.07. The Kier molecular flexibility index (Phi) is 3.91. The van der Waals surface area contributed by atoms with E-state index in [2.05, 4.69) is 27.8 Å². The molecular weight excluding hydrogens is 220 g/mol. The molecule has 2 rings (SSSR count). The molecule has 2 aromatic heterocycles. The first kappa shape index (κ1) is 11.1. The third-order valence-electron chi connectivity index (χ3n) is 2.24. The minimum absolute atomic E-state index is 0.696. The van der Waals surface area contributed by atoms with Crippen LogP contribution < -0.4 is 10.1 Å². The number of aromatic nitrogens is 1. The Hall–Kier alpha value is -1.39. The highest BCUT2D eigenvalue weighted by Crippen LogP contribution is 2.13. The van der Waals surface area contributed by atoms with Crippen molar-refractivity contribution in [2.24, 2.45) is 0 Å². The van der Waals surface area contributed by atoms with Crippen LogP contribution in [0.25, 0.3) is 0 Å². The maximum Gasteiger partial charge on any atom is 0.217 e. The summed E-state index contributed by atoms with van der Waals surface area (Å²) in [7, 11) is 1.64. The van der Waals surface area contributed by atoms with E-state index in [4.69, 9.17) is 4.74 Å². The van der Waals surface area contributed by atoms with E-state index in [1.807, 2.05) is 12.1 Å².